The highest BCUT2D eigenvalue weighted by Gasteiger charge is 2.42. The number of ketones is 1. The highest BCUT2D eigenvalue weighted by atomic mass is 32.2. The SMILES string of the molecule is CCSCCOC(=O)C1=C(C)NC2=C(C(=O)C[C@H](c3ccc(OC)c(OC)c3)C2)[C@@H]1c1cccs1. The number of carbonyl (C=O) groups is 2. The van der Waals surface area contributed by atoms with Crippen LogP contribution in [0.1, 0.15) is 49.0 Å². The predicted molar refractivity (Wildman–Crippen MR) is 140 cm³/mol. The molecule has 35 heavy (non-hydrogen) atoms. The molecule has 0 spiro atoms. The van der Waals surface area contributed by atoms with Crippen molar-refractivity contribution >= 4 is 34.9 Å². The second-order valence-corrected chi connectivity index (χ2v) is 10.9. The molecule has 0 bridgehead atoms. The number of methoxy groups -OCH3 is 2. The maximum absolute atomic E-state index is 13.6. The topological polar surface area (TPSA) is 73.9 Å². The summed E-state index contributed by atoms with van der Waals surface area (Å²) >= 11 is 3.29. The van der Waals surface area contributed by atoms with Crippen molar-refractivity contribution in [2.45, 2.75) is 38.5 Å². The van der Waals surface area contributed by atoms with Crippen molar-refractivity contribution in [1.82, 2.24) is 5.32 Å². The normalized spacial score (nSPS) is 19.8. The van der Waals surface area contributed by atoms with Crippen LogP contribution in [0, 0.1) is 0 Å². The van der Waals surface area contributed by atoms with E-state index in [2.05, 4.69) is 12.2 Å². The van der Waals surface area contributed by atoms with Gasteiger partial charge in [-0.3, -0.25) is 4.79 Å². The lowest BCUT2D eigenvalue weighted by molar-refractivity contribution is -0.138. The number of hydrogen-bond donors (Lipinski definition) is 1. The number of thioether (sulfide) groups is 1. The fourth-order valence-electron chi connectivity index (χ4n) is 4.81. The van der Waals surface area contributed by atoms with E-state index in [4.69, 9.17) is 14.2 Å². The van der Waals surface area contributed by atoms with Gasteiger partial charge in [0.2, 0.25) is 0 Å². The summed E-state index contributed by atoms with van der Waals surface area (Å²) < 4.78 is 16.5. The van der Waals surface area contributed by atoms with E-state index in [9.17, 15) is 9.59 Å². The summed E-state index contributed by atoms with van der Waals surface area (Å²) in [5.41, 5.74) is 3.87. The Morgan fingerprint density at radius 2 is 1.97 bits per heavy atom. The minimum Gasteiger partial charge on any atom is -0.493 e. The van der Waals surface area contributed by atoms with Crippen LogP contribution in [0.2, 0.25) is 0 Å². The average Bonchev–Trinajstić information content (AvgIpc) is 3.39. The Labute approximate surface area is 214 Å². The average molecular weight is 514 g/mol. The first kappa shape index (κ1) is 25.4. The first-order valence-electron chi connectivity index (χ1n) is 11.7. The Morgan fingerprint density at radius 1 is 1.17 bits per heavy atom. The molecular formula is C27H31NO5S2. The van der Waals surface area contributed by atoms with Crippen molar-refractivity contribution in [3.05, 3.63) is 68.7 Å². The molecule has 6 nitrogen and oxygen atoms in total. The van der Waals surface area contributed by atoms with E-state index in [-0.39, 0.29) is 17.7 Å². The molecule has 4 rings (SSSR count). The standard InChI is InChI=1S/C27H31NO5S2/c1-5-34-12-10-33-27(30)24-16(2)28-19-13-18(17-8-9-21(31-3)22(15-17)32-4)14-20(29)25(19)26(24)23-7-6-11-35-23/h6-9,11,15,18,26,28H,5,10,12-14H2,1-4H3/t18-,26-/m1/s1. The lowest BCUT2D eigenvalue weighted by Crippen LogP contribution is -2.36. The maximum atomic E-state index is 13.6. The van der Waals surface area contributed by atoms with Crippen molar-refractivity contribution in [1.29, 1.82) is 0 Å². The Kier molecular flexibility index (Phi) is 8.23. The molecule has 0 saturated carbocycles. The first-order chi connectivity index (χ1) is 17.0. The summed E-state index contributed by atoms with van der Waals surface area (Å²) in [4.78, 5) is 27.8. The quantitative estimate of drug-likeness (QED) is 0.354. The Bertz CT molecular complexity index is 1150. The zero-order valence-electron chi connectivity index (χ0n) is 20.5. The number of carbonyl (C=O) groups excluding carboxylic acids is 2. The minimum absolute atomic E-state index is 0.00455. The second kappa shape index (κ2) is 11.4. The lowest BCUT2D eigenvalue weighted by Gasteiger charge is -2.36. The molecule has 0 fully saturated rings. The van der Waals surface area contributed by atoms with Gasteiger partial charge in [-0.15, -0.1) is 11.3 Å². The van der Waals surface area contributed by atoms with Gasteiger partial charge in [0.15, 0.2) is 17.3 Å². The fourth-order valence-corrected chi connectivity index (χ4v) is 6.14. The molecule has 2 heterocycles. The van der Waals surface area contributed by atoms with Crippen molar-refractivity contribution in [3.8, 4) is 11.5 Å². The molecule has 2 atom stereocenters. The monoisotopic (exact) mass is 513 g/mol. The summed E-state index contributed by atoms with van der Waals surface area (Å²) in [6, 6.07) is 9.76. The van der Waals surface area contributed by atoms with E-state index in [1.54, 1.807) is 37.3 Å². The third-order valence-electron chi connectivity index (χ3n) is 6.42. The molecule has 0 saturated heterocycles. The summed E-state index contributed by atoms with van der Waals surface area (Å²) in [5.74, 6) is 2.33. The Hall–Kier alpha value is -2.71. The van der Waals surface area contributed by atoms with E-state index in [0.717, 1.165) is 33.3 Å². The predicted octanol–water partition coefficient (Wildman–Crippen LogP) is 5.42. The van der Waals surface area contributed by atoms with Crippen LogP contribution in [0.5, 0.6) is 11.5 Å². The molecule has 1 aromatic heterocycles. The number of allylic oxidation sites excluding steroid dienone is 3. The van der Waals surface area contributed by atoms with Crippen LogP contribution < -0.4 is 14.8 Å². The van der Waals surface area contributed by atoms with Gasteiger partial charge in [-0.05, 0) is 54.2 Å². The van der Waals surface area contributed by atoms with Gasteiger partial charge in [-0.25, -0.2) is 4.79 Å². The van der Waals surface area contributed by atoms with Crippen LogP contribution in [0.3, 0.4) is 0 Å². The van der Waals surface area contributed by atoms with Gasteiger partial charge >= 0.3 is 5.97 Å². The van der Waals surface area contributed by atoms with E-state index < -0.39 is 5.92 Å². The second-order valence-electron chi connectivity index (χ2n) is 8.48. The number of thiophene rings is 1. The smallest absolute Gasteiger partial charge is 0.336 e. The number of Topliss-reactive ketones (excluding diaryl/α,β-unsaturated/α-hetero) is 1. The lowest BCUT2D eigenvalue weighted by atomic mass is 9.73. The molecule has 2 aliphatic rings. The van der Waals surface area contributed by atoms with Crippen LogP contribution in [0.25, 0.3) is 0 Å². The van der Waals surface area contributed by atoms with Gasteiger partial charge in [0.05, 0.1) is 25.7 Å². The molecule has 0 amide bonds. The third kappa shape index (κ3) is 5.28. The molecule has 1 N–H and O–H groups in total. The van der Waals surface area contributed by atoms with Crippen molar-refractivity contribution in [3.63, 3.8) is 0 Å². The van der Waals surface area contributed by atoms with Crippen LogP contribution in [-0.4, -0.2) is 44.1 Å². The van der Waals surface area contributed by atoms with Crippen molar-refractivity contribution in [2.24, 2.45) is 0 Å². The van der Waals surface area contributed by atoms with Gasteiger partial charge in [-0.2, -0.15) is 11.8 Å². The highest BCUT2D eigenvalue weighted by molar-refractivity contribution is 7.99. The number of nitrogens with one attached hydrogen (secondary N) is 1. The van der Waals surface area contributed by atoms with Gasteiger partial charge in [-0.1, -0.05) is 19.1 Å². The number of benzene rings is 1. The van der Waals surface area contributed by atoms with Crippen LogP contribution in [0.4, 0.5) is 0 Å². The summed E-state index contributed by atoms with van der Waals surface area (Å²) in [5, 5.41) is 5.38. The number of ether oxygens (including phenoxy) is 3. The summed E-state index contributed by atoms with van der Waals surface area (Å²) in [6.07, 6.45) is 1.04. The fraction of sp³-hybridized carbons (Fsp3) is 0.407. The van der Waals surface area contributed by atoms with E-state index in [1.165, 1.54) is 0 Å². The minimum atomic E-state index is -0.406. The molecule has 8 heteroatoms. The Balaban J connectivity index is 1.66. The van der Waals surface area contributed by atoms with Gasteiger partial charge in [0.1, 0.15) is 6.61 Å². The van der Waals surface area contributed by atoms with Crippen LogP contribution in [-0.2, 0) is 14.3 Å². The first-order valence-corrected chi connectivity index (χ1v) is 13.8. The summed E-state index contributed by atoms with van der Waals surface area (Å²) in [6.45, 7) is 4.33. The molecule has 2 aromatic rings. The number of hydrogen-bond acceptors (Lipinski definition) is 8. The van der Waals surface area contributed by atoms with Gasteiger partial charge in [0.25, 0.3) is 0 Å². The van der Waals surface area contributed by atoms with Crippen molar-refractivity contribution in [2.75, 3.05) is 32.3 Å². The third-order valence-corrected chi connectivity index (χ3v) is 8.22. The number of dihydropyridines is 1. The largest absolute Gasteiger partial charge is 0.493 e. The number of esters is 1. The van der Waals surface area contributed by atoms with Gasteiger partial charge in [0, 0.05) is 34.0 Å². The van der Waals surface area contributed by atoms with E-state index in [1.807, 2.05) is 42.6 Å². The zero-order valence-corrected chi connectivity index (χ0v) is 22.1. The van der Waals surface area contributed by atoms with E-state index >= 15 is 0 Å². The van der Waals surface area contributed by atoms with E-state index in [0.29, 0.717) is 42.1 Å². The van der Waals surface area contributed by atoms with Crippen LogP contribution in [0.15, 0.2) is 58.3 Å². The number of rotatable bonds is 9. The molecule has 1 aliphatic heterocycles. The zero-order chi connectivity index (χ0) is 24.9. The highest BCUT2D eigenvalue weighted by Crippen LogP contribution is 2.47. The molecule has 0 radical (unpaired) electrons. The van der Waals surface area contributed by atoms with Gasteiger partial charge < -0.3 is 19.5 Å². The molecule has 1 aliphatic carbocycles. The molecule has 1 aromatic carbocycles. The van der Waals surface area contributed by atoms with Crippen LogP contribution >= 0.6 is 23.1 Å². The Morgan fingerprint density at radius 3 is 2.66 bits per heavy atom. The maximum Gasteiger partial charge on any atom is 0.336 e. The molecule has 0 unspecified atom stereocenters. The summed E-state index contributed by atoms with van der Waals surface area (Å²) in [7, 11) is 3.22. The van der Waals surface area contributed by atoms with Crippen molar-refractivity contribution < 1.29 is 23.8 Å². The molecule has 186 valence electrons. The molecular weight excluding hydrogens is 482 g/mol.